The number of aromatic nitrogens is 2. The van der Waals surface area contributed by atoms with E-state index >= 15 is 0 Å². The fourth-order valence-electron chi connectivity index (χ4n) is 2.55. The van der Waals surface area contributed by atoms with Crippen molar-refractivity contribution < 1.29 is 14.1 Å². The Morgan fingerprint density at radius 3 is 2.70 bits per heavy atom. The largest absolute Gasteiger partial charge is 0.411 e. The number of rotatable bonds is 6. The zero-order chi connectivity index (χ0) is 19.6. The van der Waals surface area contributed by atoms with Gasteiger partial charge in [-0.25, -0.2) is 0 Å². The first-order chi connectivity index (χ1) is 12.8. The van der Waals surface area contributed by atoms with Gasteiger partial charge in [0.1, 0.15) is 0 Å². The Labute approximate surface area is 160 Å². The predicted octanol–water partition coefficient (Wildman–Crippen LogP) is 4.63. The molecule has 0 saturated heterocycles. The van der Waals surface area contributed by atoms with E-state index in [1.54, 1.807) is 19.1 Å². The van der Waals surface area contributed by atoms with Gasteiger partial charge in [-0.3, -0.25) is 14.9 Å². The monoisotopic (exact) mass is 383 g/mol. The molecular formula is C19H17N3O4S. The first kappa shape index (κ1) is 18.8. The summed E-state index contributed by atoms with van der Waals surface area (Å²) in [6.45, 7) is 5.63. The molecule has 0 unspecified atom stereocenters. The topological polar surface area (TPSA) is 99.1 Å². The number of hydrogen-bond donors (Lipinski definition) is 0. The molecule has 0 N–H and O–H groups in total. The Hall–Kier alpha value is -3.00. The highest BCUT2D eigenvalue weighted by Gasteiger charge is 2.22. The molecule has 0 radical (unpaired) electrons. The molecule has 1 aromatic heterocycles. The van der Waals surface area contributed by atoms with Crippen molar-refractivity contribution in [2.45, 2.75) is 31.2 Å². The summed E-state index contributed by atoms with van der Waals surface area (Å²) in [5.41, 5.74) is 3.01. The smallest absolute Gasteiger partial charge is 0.277 e. The van der Waals surface area contributed by atoms with Gasteiger partial charge in [-0.05, 0) is 38.5 Å². The third kappa shape index (κ3) is 4.22. The standard InChI is InChI=1S/C19H17N3O4S/c1-11-7-8-12(2)16(9-11)17(23)13(3)27-19-21-20-18(26-19)14-5-4-6-15(10-14)22(24)25/h4-10,13H,1-3H3/t13-/m0/s1. The molecule has 0 saturated carbocycles. The highest BCUT2D eigenvalue weighted by molar-refractivity contribution is 8.00. The lowest BCUT2D eigenvalue weighted by molar-refractivity contribution is -0.384. The summed E-state index contributed by atoms with van der Waals surface area (Å²) < 4.78 is 5.58. The van der Waals surface area contributed by atoms with Gasteiger partial charge in [0.25, 0.3) is 10.9 Å². The lowest BCUT2D eigenvalue weighted by Crippen LogP contribution is -2.15. The van der Waals surface area contributed by atoms with E-state index in [-0.39, 0.29) is 22.6 Å². The molecular weight excluding hydrogens is 366 g/mol. The number of nitrogens with zero attached hydrogens (tertiary/aromatic N) is 3. The lowest BCUT2D eigenvalue weighted by atomic mass is 10.0. The molecule has 2 aromatic carbocycles. The maximum absolute atomic E-state index is 12.7. The summed E-state index contributed by atoms with van der Waals surface area (Å²) in [7, 11) is 0. The minimum Gasteiger partial charge on any atom is -0.411 e. The van der Waals surface area contributed by atoms with Gasteiger partial charge in [0.05, 0.1) is 10.2 Å². The lowest BCUT2D eigenvalue weighted by Gasteiger charge is -2.10. The van der Waals surface area contributed by atoms with E-state index in [0.717, 1.165) is 22.9 Å². The highest BCUT2D eigenvalue weighted by Crippen LogP contribution is 2.29. The molecule has 7 nitrogen and oxygen atoms in total. The van der Waals surface area contributed by atoms with Crippen LogP contribution >= 0.6 is 11.8 Å². The second-order valence-corrected chi connectivity index (χ2v) is 7.42. The van der Waals surface area contributed by atoms with Gasteiger partial charge in [0, 0.05) is 23.3 Å². The SMILES string of the molecule is Cc1ccc(C)c(C(=O)[C@H](C)Sc2nnc(-c3cccc([N+](=O)[O-])c3)o2)c1. The van der Waals surface area contributed by atoms with Crippen LogP contribution in [0.4, 0.5) is 5.69 Å². The van der Waals surface area contributed by atoms with Crippen LogP contribution in [0.25, 0.3) is 11.5 Å². The van der Waals surface area contributed by atoms with Gasteiger partial charge in [-0.2, -0.15) is 0 Å². The fourth-order valence-corrected chi connectivity index (χ4v) is 3.30. The van der Waals surface area contributed by atoms with E-state index in [9.17, 15) is 14.9 Å². The second-order valence-electron chi connectivity index (χ2n) is 6.12. The number of thioether (sulfide) groups is 1. The van der Waals surface area contributed by atoms with Gasteiger partial charge in [0.2, 0.25) is 5.89 Å². The van der Waals surface area contributed by atoms with Crippen LogP contribution in [-0.2, 0) is 0 Å². The molecule has 138 valence electrons. The van der Waals surface area contributed by atoms with Crippen LogP contribution in [0, 0.1) is 24.0 Å². The Balaban J connectivity index is 1.77. The first-order valence-corrected chi connectivity index (χ1v) is 9.09. The van der Waals surface area contributed by atoms with Crippen LogP contribution in [0.1, 0.15) is 28.4 Å². The van der Waals surface area contributed by atoms with E-state index in [4.69, 9.17) is 4.42 Å². The quantitative estimate of drug-likeness (QED) is 0.265. The Morgan fingerprint density at radius 1 is 1.19 bits per heavy atom. The minimum absolute atomic E-state index is 0.0173. The molecule has 1 heterocycles. The van der Waals surface area contributed by atoms with Gasteiger partial charge < -0.3 is 4.42 Å². The van der Waals surface area contributed by atoms with Gasteiger partial charge in [-0.15, -0.1) is 10.2 Å². The van der Waals surface area contributed by atoms with Gasteiger partial charge in [0.15, 0.2) is 5.78 Å². The molecule has 1 atom stereocenters. The number of aryl methyl sites for hydroxylation is 2. The zero-order valence-electron chi connectivity index (χ0n) is 15.0. The number of Topliss-reactive ketones (excluding diaryl/α,β-unsaturated/α-hetero) is 1. The number of non-ortho nitro benzene ring substituents is 1. The Kier molecular flexibility index (Phi) is 5.36. The molecule has 0 fully saturated rings. The molecule has 0 spiro atoms. The minimum atomic E-state index is -0.486. The van der Waals surface area contributed by atoms with Crippen LogP contribution in [0.5, 0.6) is 0 Å². The van der Waals surface area contributed by atoms with Crippen LogP contribution in [-0.4, -0.2) is 26.2 Å². The van der Waals surface area contributed by atoms with Crippen LogP contribution in [0.2, 0.25) is 0 Å². The van der Waals surface area contributed by atoms with E-state index in [2.05, 4.69) is 10.2 Å². The van der Waals surface area contributed by atoms with Crippen molar-refractivity contribution in [2.75, 3.05) is 0 Å². The van der Waals surface area contributed by atoms with Crippen molar-refractivity contribution >= 4 is 23.2 Å². The molecule has 27 heavy (non-hydrogen) atoms. The highest BCUT2D eigenvalue weighted by atomic mass is 32.2. The van der Waals surface area contributed by atoms with Gasteiger partial charge in [-0.1, -0.05) is 35.5 Å². The van der Waals surface area contributed by atoms with Crippen molar-refractivity contribution in [1.82, 2.24) is 10.2 Å². The molecule has 0 aliphatic carbocycles. The molecule has 0 aliphatic rings. The summed E-state index contributed by atoms with van der Waals surface area (Å²) in [5, 5.41) is 18.6. The number of hydrogen-bond acceptors (Lipinski definition) is 7. The molecule has 0 amide bonds. The molecule has 0 bridgehead atoms. The van der Waals surface area contributed by atoms with Crippen LogP contribution in [0.3, 0.4) is 0 Å². The van der Waals surface area contributed by atoms with E-state index in [1.807, 2.05) is 32.0 Å². The Morgan fingerprint density at radius 2 is 1.96 bits per heavy atom. The van der Waals surface area contributed by atoms with Crippen LogP contribution < -0.4 is 0 Å². The number of carbonyl (C=O) groups is 1. The molecule has 3 rings (SSSR count). The summed E-state index contributed by atoms with van der Waals surface area (Å²) in [6.07, 6.45) is 0. The fraction of sp³-hybridized carbons (Fsp3) is 0.211. The molecule has 8 heteroatoms. The molecule has 3 aromatic rings. The normalized spacial score (nSPS) is 12.0. The van der Waals surface area contributed by atoms with Gasteiger partial charge >= 0.3 is 0 Å². The molecule has 0 aliphatic heterocycles. The number of nitro groups is 1. The summed E-state index contributed by atoms with van der Waals surface area (Å²) >= 11 is 1.16. The van der Waals surface area contributed by atoms with E-state index in [1.165, 1.54) is 12.1 Å². The van der Waals surface area contributed by atoms with Crippen molar-refractivity contribution in [2.24, 2.45) is 0 Å². The second kappa shape index (κ2) is 7.71. The number of carbonyl (C=O) groups excluding carboxylic acids is 1. The maximum atomic E-state index is 12.7. The third-order valence-electron chi connectivity index (χ3n) is 4.02. The zero-order valence-corrected chi connectivity index (χ0v) is 15.8. The predicted molar refractivity (Wildman–Crippen MR) is 102 cm³/mol. The van der Waals surface area contributed by atoms with Crippen molar-refractivity contribution in [1.29, 1.82) is 0 Å². The maximum Gasteiger partial charge on any atom is 0.277 e. The average molecular weight is 383 g/mol. The summed E-state index contributed by atoms with van der Waals surface area (Å²) in [4.78, 5) is 23.1. The summed E-state index contributed by atoms with van der Waals surface area (Å²) in [5.74, 6) is 0.156. The first-order valence-electron chi connectivity index (χ1n) is 8.21. The van der Waals surface area contributed by atoms with Crippen LogP contribution in [0.15, 0.2) is 52.1 Å². The van der Waals surface area contributed by atoms with Crippen molar-refractivity contribution in [3.05, 3.63) is 69.3 Å². The van der Waals surface area contributed by atoms with Crippen molar-refractivity contribution in [3.63, 3.8) is 0 Å². The average Bonchev–Trinajstić information content (AvgIpc) is 3.11. The summed E-state index contributed by atoms with van der Waals surface area (Å²) in [6, 6.07) is 11.7. The third-order valence-corrected chi connectivity index (χ3v) is 4.95. The van der Waals surface area contributed by atoms with Crippen molar-refractivity contribution in [3.8, 4) is 11.5 Å². The van der Waals surface area contributed by atoms with E-state index < -0.39 is 10.2 Å². The number of benzene rings is 2. The number of ketones is 1. The van der Waals surface area contributed by atoms with E-state index in [0.29, 0.717) is 11.1 Å². The number of nitro benzene ring substituents is 1. The Bertz CT molecular complexity index is 1020.